The molecular weight excluding hydrogens is 169 g/mol. The zero-order chi connectivity index (χ0) is 5.15. The van der Waals surface area contributed by atoms with Gasteiger partial charge in [0.1, 0.15) is 0 Å². The van der Waals surface area contributed by atoms with E-state index >= 15 is 0 Å². The van der Waals surface area contributed by atoms with Crippen molar-refractivity contribution in [2.75, 3.05) is 14.1 Å². The van der Waals surface area contributed by atoms with Gasteiger partial charge in [0, 0.05) is 14.1 Å². The Balaban J connectivity index is 0. The van der Waals surface area contributed by atoms with Gasteiger partial charge in [-0.3, -0.25) is 0 Å². The van der Waals surface area contributed by atoms with Gasteiger partial charge in [-0.05, 0) is 0 Å². The van der Waals surface area contributed by atoms with Crippen molar-refractivity contribution in [1.82, 2.24) is 4.90 Å². The van der Waals surface area contributed by atoms with Crippen LogP contribution < -0.4 is 0 Å². The second kappa shape index (κ2) is 4.78. The van der Waals surface area contributed by atoms with Crippen molar-refractivity contribution in [3.63, 3.8) is 0 Å². The SMILES string of the molecule is CN(C)C(=S)[S-].[Mn+2]. The van der Waals surface area contributed by atoms with Crippen molar-refractivity contribution in [3.8, 4) is 0 Å². The van der Waals surface area contributed by atoms with Gasteiger partial charge in [0.25, 0.3) is 0 Å². The molecule has 0 heterocycles. The van der Waals surface area contributed by atoms with Gasteiger partial charge in [0.05, 0.1) is 0 Å². The maximum Gasteiger partial charge on any atom is 2.00 e. The molecule has 0 atom stereocenters. The van der Waals surface area contributed by atoms with Gasteiger partial charge in [-0.25, -0.2) is 0 Å². The predicted octanol–water partition coefficient (Wildman–Crippen LogP) is 0.377. The first-order valence-electron chi connectivity index (χ1n) is 1.53. The maximum atomic E-state index is 4.56. The van der Waals surface area contributed by atoms with E-state index < -0.39 is 0 Å². The van der Waals surface area contributed by atoms with Crippen molar-refractivity contribution < 1.29 is 17.1 Å². The van der Waals surface area contributed by atoms with Gasteiger partial charge < -0.3 is 29.7 Å². The van der Waals surface area contributed by atoms with Crippen LogP contribution in [0.3, 0.4) is 0 Å². The van der Waals surface area contributed by atoms with E-state index in [0.29, 0.717) is 4.32 Å². The van der Waals surface area contributed by atoms with E-state index in [0.717, 1.165) is 0 Å². The van der Waals surface area contributed by atoms with Crippen LogP contribution in [-0.2, 0) is 29.7 Å². The number of hydrogen-bond donors (Lipinski definition) is 0. The molecule has 7 heavy (non-hydrogen) atoms. The van der Waals surface area contributed by atoms with Gasteiger partial charge in [-0.1, -0.05) is 4.32 Å². The van der Waals surface area contributed by atoms with E-state index in [1.54, 1.807) is 4.90 Å². The molecule has 4 heteroatoms. The third kappa shape index (κ3) is 6.63. The Morgan fingerprint density at radius 3 is 1.71 bits per heavy atom. The Kier molecular flexibility index (Phi) is 7.23. The Morgan fingerprint density at radius 2 is 1.71 bits per heavy atom. The summed E-state index contributed by atoms with van der Waals surface area (Å²) >= 11 is 9.12. The summed E-state index contributed by atoms with van der Waals surface area (Å²) in [5.41, 5.74) is 0. The van der Waals surface area contributed by atoms with Crippen LogP contribution in [0, 0.1) is 0 Å². The minimum absolute atomic E-state index is 0. The number of rotatable bonds is 0. The molecule has 0 aromatic rings. The average molecular weight is 175 g/mol. The van der Waals surface area contributed by atoms with Crippen LogP contribution in [0.25, 0.3) is 0 Å². The van der Waals surface area contributed by atoms with Gasteiger partial charge >= 0.3 is 17.1 Å². The molecule has 0 rings (SSSR count). The first kappa shape index (κ1) is 10.6. The van der Waals surface area contributed by atoms with Crippen LogP contribution in [0.15, 0.2) is 0 Å². The molecule has 41 valence electrons. The first-order chi connectivity index (χ1) is 2.64. The van der Waals surface area contributed by atoms with E-state index in [9.17, 15) is 0 Å². The molecule has 0 fully saturated rings. The molecule has 1 nitrogen and oxygen atoms in total. The summed E-state index contributed by atoms with van der Waals surface area (Å²) in [5.74, 6) is 0. The van der Waals surface area contributed by atoms with Gasteiger partial charge in [0.2, 0.25) is 0 Å². The van der Waals surface area contributed by atoms with Crippen LogP contribution in [0.1, 0.15) is 0 Å². The molecule has 0 aromatic carbocycles. The fourth-order valence-electron chi connectivity index (χ4n) is 0. The van der Waals surface area contributed by atoms with Crippen LogP contribution >= 0.6 is 12.2 Å². The molecule has 0 aromatic heterocycles. The zero-order valence-corrected chi connectivity index (χ0v) is 6.96. The van der Waals surface area contributed by atoms with Crippen molar-refractivity contribution >= 4 is 29.2 Å². The average Bonchev–Trinajstić information content (AvgIpc) is 1.36. The van der Waals surface area contributed by atoms with E-state index in [1.165, 1.54) is 0 Å². The molecule has 0 saturated carbocycles. The summed E-state index contributed by atoms with van der Waals surface area (Å²) in [5, 5.41) is 0. The Bertz CT molecular complexity index is 64.0. The number of thiocarbonyl (C=S) groups is 1. The smallest absolute Gasteiger partial charge is 0.411 e. The molecule has 0 aliphatic rings. The van der Waals surface area contributed by atoms with Crippen LogP contribution in [-0.4, -0.2) is 23.3 Å². The number of nitrogens with zero attached hydrogens (tertiary/aromatic N) is 1. The summed E-state index contributed by atoms with van der Waals surface area (Å²) < 4.78 is 0.509. The fourth-order valence-corrected chi connectivity index (χ4v) is 0. The van der Waals surface area contributed by atoms with Crippen LogP contribution in [0.5, 0.6) is 0 Å². The Labute approximate surface area is 65.3 Å². The quantitative estimate of drug-likeness (QED) is 0.297. The Hall–Kier alpha value is 0.629. The van der Waals surface area contributed by atoms with Crippen molar-refractivity contribution in [1.29, 1.82) is 0 Å². The molecule has 0 amide bonds. The van der Waals surface area contributed by atoms with Crippen LogP contribution in [0.4, 0.5) is 0 Å². The molecule has 0 unspecified atom stereocenters. The maximum absolute atomic E-state index is 4.56. The van der Waals surface area contributed by atoms with E-state index in [-0.39, 0.29) is 17.1 Å². The predicted molar refractivity (Wildman–Crippen MR) is 33.6 cm³/mol. The number of hydrogen-bond acceptors (Lipinski definition) is 2. The molecule has 0 aliphatic heterocycles. The summed E-state index contributed by atoms with van der Waals surface area (Å²) in [4.78, 5) is 1.71. The van der Waals surface area contributed by atoms with Gasteiger partial charge in [0.15, 0.2) is 0 Å². The molecule has 0 aliphatic carbocycles. The van der Waals surface area contributed by atoms with E-state index in [1.807, 2.05) is 14.1 Å². The molecule has 0 bridgehead atoms. The van der Waals surface area contributed by atoms with E-state index in [4.69, 9.17) is 0 Å². The normalized spacial score (nSPS) is 6.57. The van der Waals surface area contributed by atoms with E-state index in [2.05, 4.69) is 24.8 Å². The topological polar surface area (TPSA) is 3.24 Å². The summed E-state index contributed by atoms with van der Waals surface area (Å²) in [6.45, 7) is 0. The molecule has 0 saturated heterocycles. The molecule has 0 N–H and O–H groups in total. The molecule has 0 spiro atoms. The van der Waals surface area contributed by atoms with Crippen molar-refractivity contribution in [3.05, 3.63) is 0 Å². The monoisotopic (exact) mass is 175 g/mol. The van der Waals surface area contributed by atoms with Crippen molar-refractivity contribution in [2.45, 2.75) is 0 Å². The van der Waals surface area contributed by atoms with Gasteiger partial charge in [-0.15, -0.1) is 0 Å². The van der Waals surface area contributed by atoms with Gasteiger partial charge in [-0.2, -0.15) is 0 Å². The fraction of sp³-hybridized carbons (Fsp3) is 0.667. The van der Waals surface area contributed by atoms with Crippen molar-refractivity contribution in [2.24, 2.45) is 0 Å². The Morgan fingerprint density at radius 1 is 1.57 bits per heavy atom. The van der Waals surface area contributed by atoms with Crippen LogP contribution in [0.2, 0.25) is 0 Å². The second-order valence-electron chi connectivity index (χ2n) is 1.16. The zero-order valence-electron chi connectivity index (χ0n) is 4.14. The summed E-state index contributed by atoms with van der Waals surface area (Å²) in [6.07, 6.45) is 0. The minimum atomic E-state index is 0. The second-order valence-corrected chi connectivity index (χ2v) is 2.19. The largest absolute Gasteiger partial charge is 2.00 e. The minimum Gasteiger partial charge on any atom is -0.411 e. The third-order valence-electron chi connectivity index (χ3n) is 0.365. The molecule has 1 radical (unpaired) electrons. The third-order valence-corrected chi connectivity index (χ3v) is 1.10. The standard InChI is InChI=1S/C3H7NS2.Mn/c1-4(2)3(5)6;/h1-2H3,(H,5,6);/q;+2/p-1. The summed E-state index contributed by atoms with van der Waals surface area (Å²) in [6, 6.07) is 0. The summed E-state index contributed by atoms with van der Waals surface area (Å²) in [7, 11) is 3.66. The first-order valence-corrected chi connectivity index (χ1v) is 2.34. The molecular formula is C3H6MnNS2+.